The number of urea groups is 1. The van der Waals surface area contributed by atoms with Crippen molar-refractivity contribution >= 4 is 11.9 Å². The van der Waals surface area contributed by atoms with E-state index in [1.807, 2.05) is 24.3 Å². The Bertz CT molecular complexity index is 531. The maximum Gasteiger partial charge on any atom is 0.327 e. The number of hydrogen-bond acceptors (Lipinski definition) is 5. The number of rotatable bonds is 7. The van der Waals surface area contributed by atoms with Gasteiger partial charge in [0.1, 0.15) is 12.3 Å². The summed E-state index contributed by atoms with van der Waals surface area (Å²) in [5.74, 6) is 0.459. The number of imide groups is 1. The highest BCUT2D eigenvalue weighted by molar-refractivity contribution is 6.01. The van der Waals surface area contributed by atoms with Crippen molar-refractivity contribution in [3.63, 3.8) is 0 Å². The van der Waals surface area contributed by atoms with Crippen molar-refractivity contribution in [1.29, 1.82) is 0 Å². The van der Waals surface area contributed by atoms with Crippen molar-refractivity contribution in [1.82, 2.24) is 9.80 Å². The molecule has 0 saturated carbocycles. The molecule has 7 heteroatoms. The summed E-state index contributed by atoms with van der Waals surface area (Å²) < 4.78 is 10.5. The Balaban J connectivity index is 1.74. The number of ether oxygens (including phenoxy) is 2. The van der Waals surface area contributed by atoms with E-state index in [4.69, 9.17) is 9.47 Å². The summed E-state index contributed by atoms with van der Waals surface area (Å²) in [7, 11) is 3.15. The first-order valence-corrected chi connectivity index (χ1v) is 6.95. The van der Waals surface area contributed by atoms with Crippen molar-refractivity contribution < 1.29 is 24.2 Å². The van der Waals surface area contributed by atoms with Crippen LogP contribution in [0.5, 0.6) is 5.75 Å². The number of benzene rings is 1. The molecule has 0 unspecified atom stereocenters. The third kappa shape index (κ3) is 3.96. The Hall–Kier alpha value is -2.12. The van der Waals surface area contributed by atoms with Crippen LogP contribution < -0.4 is 4.74 Å². The van der Waals surface area contributed by atoms with Gasteiger partial charge in [-0.05, 0) is 17.7 Å². The molecule has 2 rings (SSSR count). The Labute approximate surface area is 129 Å². The van der Waals surface area contributed by atoms with Gasteiger partial charge in [-0.15, -0.1) is 0 Å². The van der Waals surface area contributed by atoms with Gasteiger partial charge >= 0.3 is 6.03 Å². The summed E-state index contributed by atoms with van der Waals surface area (Å²) in [4.78, 5) is 25.6. The number of β-amino-alcohol motifs (C(OH)–C–C–N with tert-alkyl or cyclic N) is 1. The maximum atomic E-state index is 11.7. The average Bonchev–Trinajstić information content (AvgIpc) is 2.74. The van der Waals surface area contributed by atoms with E-state index in [1.165, 1.54) is 4.90 Å². The summed E-state index contributed by atoms with van der Waals surface area (Å²) >= 11 is 0. The van der Waals surface area contributed by atoms with Crippen LogP contribution in [0.25, 0.3) is 0 Å². The zero-order valence-electron chi connectivity index (χ0n) is 12.7. The van der Waals surface area contributed by atoms with Gasteiger partial charge in [0.05, 0.1) is 33.0 Å². The minimum absolute atomic E-state index is 0.0484. The lowest BCUT2D eigenvalue weighted by Gasteiger charge is -2.18. The van der Waals surface area contributed by atoms with Crippen molar-refractivity contribution in [3.05, 3.63) is 29.8 Å². The fourth-order valence-corrected chi connectivity index (χ4v) is 2.15. The number of methoxy groups -OCH3 is 1. The number of hydrogen-bond donors (Lipinski definition) is 1. The summed E-state index contributed by atoms with van der Waals surface area (Å²) in [6, 6.07) is 7.00. The van der Waals surface area contributed by atoms with Gasteiger partial charge in [-0.2, -0.15) is 0 Å². The molecule has 1 fully saturated rings. The molecule has 0 aliphatic carbocycles. The molecule has 1 aliphatic rings. The second kappa shape index (κ2) is 7.24. The molecule has 7 nitrogen and oxygen atoms in total. The number of likely N-dealkylation sites (N-methyl/N-ethyl adjacent to an activating group) is 1. The molecule has 1 N–H and O–H groups in total. The predicted molar refractivity (Wildman–Crippen MR) is 78.4 cm³/mol. The Kier molecular flexibility index (Phi) is 5.35. The van der Waals surface area contributed by atoms with E-state index in [2.05, 4.69) is 0 Å². The van der Waals surface area contributed by atoms with Gasteiger partial charge in [-0.1, -0.05) is 12.1 Å². The summed E-state index contributed by atoms with van der Waals surface area (Å²) in [5, 5.41) is 9.88. The fraction of sp³-hybridized carbons (Fsp3) is 0.467. The lowest BCUT2D eigenvalue weighted by molar-refractivity contribution is -0.126. The maximum absolute atomic E-state index is 11.7. The monoisotopic (exact) mass is 308 g/mol. The number of nitrogens with zero attached hydrogens (tertiary/aromatic N) is 2. The first-order valence-electron chi connectivity index (χ1n) is 6.95. The van der Waals surface area contributed by atoms with Crippen LogP contribution in [-0.2, 0) is 16.1 Å². The molecule has 1 aliphatic heterocycles. The number of aliphatic hydroxyl groups excluding tert-OH is 1. The van der Waals surface area contributed by atoms with Gasteiger partial charge in [0.2, 0.25) is 5.91 Å². The van der Waals surface area contributed by atoms with E-state index in [0.717, 1.165) is 16.2 Å². The molecule has 1 aromatic rings. The van der Waals surface area contributed by atoms with E-state index in [0.29, 0.717) is 6.61 Å². The predicted octanol–water partition coefficient (Wildman–Crippen LogP) is 0.467. The Morgan fingerprint density at radius 1 is 1.27 bits per heavy atom. The van der Waals surface area contributed by atoms with E-state index in [-0.39, 0.29) is 31.6 Å². The molecule has 1 saturated heterocycles. The van der Waals surface area contributed by atoms with Crippen LogP contribution in [0.1, 0.15) is 5.56 Å². The van der Waals surface area contributed by atoms with Crippen molar-refractivity contribution in [2.75, 3.05) is 33.9 Å². The molecule has 0 spiro atoms. The van der Waals surface area contributed by atoms with Crippen molar-refractivity contribution in [2.24, 2.45) is 0 Å². The molecule has 0 aromatic heterocycles. The third-order valence-electron chi connectivity index (χ3n) is 3.36. The molecule has 0 bridgehead atoms. The number of amides is 3. The molecular formula is C15H20N2O5. The van der Waals surface area contributed by atoms with E-state index in [1.54, 1.807) is 14.2 Å². The molecule has 120 valence electrons. The minimum atomic E-state index is -0.905. The van der Waals surface area contributed by atoms with Crippen molar-refractivity contribution in [3.8, 4) is 5.75 Å². The summed E-state index contributed by atoms with van der Waals surface area (Å²) in [6.07, 6.45) is -0.905. The average molecular weight is 308 g/mol. The molecule has 1 aromatic carbocycles. The van der Waals surface area contributed by atoms with Crippen molar-refractivity contribution in [2.45, 2.75) is 12.7 Å². The smallest absolute Gasteiger partial charge is 0.327 e. The molecule has 0 radical (unpaired) electrons. The van der Waals surface area contributed by atoms with Gasteiger partial charge in [0.25, 0.3) is 0 Å². The van der Waals surface area contributed by atoms with Crippen LogP contribution in [0.15, 0.2) is 24.3 Å². The van der Waals surface area contributed by atoms with Crippen LogP contribution in [0.4, 0.5) is 4.79 Å². The van der Waals surface area contributed by atoms with Crippen LogP contribution >= 0.6 is 0 Å². The van der Waals surface area contributed by atoms with Gasteiger partial charge in [-0.25, -0.2) is 4.79 Å². The Morgan fingerprint density at radius 2 is 1.95 bits per heavy atom. The normalized spacial score (nSPS) is 16.3. The van der Waals surface area contributed by atoms with E-state index >= 15 is 0 Å². The van der Waals surface area contributed by atoms with Gasteiger partial charge in [-0.3, -0.25) is 9.69 Å². The number of carbonyl (C=O) groups is 2. The lowest BCUT2D eigenvalue weighted by atomic mass is 10.2. The van der Waals surface area contributed by atoms with Crippen LogP contribution in [0.2, 0.25) is 0 Å². The zero-order valence-corrected chi connectivity index (χ0v) is 12.7. The minimum Gasteiger partial charge on any atom is -0.497 e. The topological polar surface area (TPSA) is 79.3 Å². The highest BCUT2D eigenvalue weighted by Crippen LogP contribution is 2.12. The number of carbonyl (C=O) groups excluding carboxylic acids is 2. The van der Waals surface area contributed by atoms with Crippen LogP contribution in [0, 0.1) is 0 Å². The van der Waals surface area contributed by atoms with Crippen LogP contribution in [-0.4, -0.2) is 66.8 Å². The zero-order chi connectivity index (χ0) is 16.1. The third-order valence-corrected chi connectivity index (χ3v) is 3.36. The second-order valence-corrected chi connectivity index (χ2v) is 5.16. The molecule has 22 heavy (non-hydrogen) atoms. The SMILES string of the molecule is COc1ccc(COC[C@H](O)CN2C(=O)CN(C)C2=O)cc1. The summed E-state index contributed by atoms with van der Waals surface area (Å²) in [6.45, 7) is 0.387. The molecule has 1 atom stereocenters. The summed E-state index contributed by atoms with van der Waals surface area (Å²) in [5.41, 5.74) is 0.945. The largest absolute Gasteiger partial charge is 0.497 e. The van der Waals surface area contributed by atoms with Gasteiger partial charge < -0.3 is 19.5 Å². The quantitative estimate of drug-likeness (QED) is 0.741. The molecular weight excluding hydrogens is 288 g/mol. The molecule has 1 heterocycles. The fourth-order valence-electron chi connectivity index (χ4n) is 2.15. The standard InChI is InChI=1S/C15H20N2O5/c1-16-8-14(19)17(15(16)20)7-12(18)10-22-9-11-3-5-13(21-2)6-4-11/h3-6,12,18H,7-10H2,1-2H3/t12-/m1/s1. The second-order valence-electron chi connectivity index (χ2n) is 5.16. The lowest BCUT2D eigenvalue weighted by Crippen LogP contribution is -2.39. The van der Waals surface area contributed by atoms with E-state index in [9.17, 15) is 14.7 Å². The molecule has 3 amide bonds. The van der Waals surface area contributed by atoms with Gasteiger partial charge in [0.15, 0.2) is 0 Å². The highest BCUT2D eigenvalue weighted by Gasteiger charge is 2.34. The van der Waals surface area contributed by atoms with Crippen LogP contribution in [0.3, 0.4) is 0 Å². The highest BCUT2D eigenvalue weighted by atomic mass is 16.5. The number of aliphatic hydroxyl groups is 1. The first-order chi connectivity index (χ1) is 10.5. The first kappa shape index (κ1) is 16.3. The Morgan fingerprint density at radius 3 is 2.50 bits per heavy atom. The van der Waals surface area contributed by atoms with E-state index < -0.39 is 6.10 Å². The van der Waals surface area contributed by atoms with Gasteiger partial charge in [0, 0.05) is 7.05 Å².